The van der Waals surface area contributed by atoms with Crippen molar-refractivity contribution >= 4 is 52.7 Å². The van der Waals surface area contributed by atoms with Gasteiger partial charge in [-0.05, 0) is 58.9 Å². The molecule has 0 unspecified atom stereocenters. The minimum Gasteiger partial charge on any atom is -0.444 e. The van der Waals surface area contributed by atoms with Crippen molar-refractivity contribution in [3.63, 3.8) is 0 Å². The highest BCUT2D eigenvalue weighted by Gasteiger charge is 2.40. The first-order valence-electron chi connectivity index (χ1n) is 13.1. The third kappa shape index (κ3) is 5.68. The normalized spacial score (nSPS) is 19.4. The van der Waals surface area contributed by atoms with Gasteiger partial charge in [0.05, 0.1) is 16.9 Å². The topological polar surface area (TPSA) is 91.2 Å². The summed E-state index contributed by atoms with van der Waals surface area (Å²) in [5.74, 6) is 1.84. The maximum atomic E-state index is 15.0. The molecular formula is C28H34ClFN6O3S. The molecule has 12 heteroatoms. The van der Waals surface area contributed by atoms with Crippen molar-refractivity contribution in [3.8, 4) is 0 Å². The Morgan fingerprint density at radius 1 is 1.25 bits per heavy atom. The van der Waals surface area contributed by atoms with Gasteiger partial charge in [0.1, 0.15) is 11.4 Å². The summed E-state index contributed by atoms with van der Waals surface area (Å²) >= 11 is 7.69. The molecule has 0 aliphatic carbocycles. The van der Waals surface area contributed by atoms with E-state index in [9.17, 15) is 14.0 Å². The molecule has 0 aromatic carbocycles. The predicted octanol–water partition coefficient (Wildman–Crippen LogP) is 6.02. The molecule has 214 valence electrons. The highest BCUT2D eigenvalue weighted by molar-refractivity contribution is 7.98. The number of carbonyl (C=O) groups excluding carboxylic acids is 2. The lowest BCUT2D eigenvalue weighted by Gasteiger charge is -2.46. The number of hydrogen-bond donors (Lipinski definition) is 0. The molecule has 4 heterocycles. The lowest BCUT2D eigenvalue weighted by atomic mass is 10.0. The predicted molar refractivity (Wildman–Crippen MR) is 156 cm³/mol. The van der Waals surface area contributed by atoms with Crippen LogP contribution in [0.2, 0.25) is 5.15 Å². The Bertz CT molecular complexity index is 1410. The molecule has 1 fully saturated rings. The molecule has 9 nitrogen and oxygen atoms in total. The van der Waals surface area contributed by atoms with E-state index in [1.807, 2.05) is 71.6 Å². The standard InChI is InChI=1S/C28H34ClFN6O3S/c1-15(2)22-23(20(40-8)9-10-31-22)36-21(14-37)32-25(18-11-19(30)24(29)33-26(18)36)34-12-17(4)35(13-16(34)3)27(38)39-28(5,6)7/h9-11,15-17H,12-13H2,1-8H3/t16-,17+/m0/s1. The quantitative estimate of drug-likeness (QED) is 0.244. The van der Waals surface area contributed by atoms with Crippen molar-refractivity contribution in [3.05, 3.63) is 46.4 Å². The molecule has 0 radical (unpaired) electrons. The second-order valence-electron chi connectivity index (χ2n) is 11.2. The van der Waals surface area contributed by atoms with Crippen molar-refractivity contribution in [2.75, 3.05) is 24.2 Å². The largest absolute Gasteiger partial charge is 0.444 e. The van der Waals surface area contributed by atoms with Gasteiger partial charge in [0.2, 0.25) is 5.82 Å². The summed E-state index contributed by atoms with van der Waals surface area (Å²) in [4.78, 5) is 45.1. The van der Waals surface area contributed by atoms with Crippen molar-refractivity contribution in [2.24, 2.45) is 4.99 Å². The number of ether oxygens (including phenoxy) is 1. The molecule has 0 N–H and O–H groups in total. The van der Waals surface area contributed by atoms with E-state index in [0.29, 0.717) is 30.2 Å². The average molecular weight is 589 g/mol. The van der Waals surface area contributed by atoms with E-state index in [0.717, 1.165) is 10.6 Å². The molecule has 2 aliphatic heterocycles. The van der Waals surface area contributed by atoms with Crippen molar-refractivity contribution < 1.29 is 18.7 Å². The average Bonchev–Trinajstić information content (AvgIpc) is 2.88. The van der Waals surface area contributed by atoms with Crippen molar-refractivity contribution in [2.45, 2.75) is 77.0 Å². The summed E-state index contributed by atoms with van der Waals surface area (Å²) in [6, 6.07) is 2.65. The van der Waals surface area contributed by atoms with Crippen LogP contribution < -0.4 is 4.90 Å². The molecule has 0 bridgehead atoms. The smallest absolute Gasteiger partial charge is 0.410 e. The van der Waals surface area contributed by atoms with E-state index in [1.165, 1.54) is 17.8 Å². The van der Waals surface area contributed by atoms with Crippen LogP contribution in [0.4, 0.5) is 20.7 Å². The van der Waals surface area contributed by atoms with Gasteiger partial charge in [-0.25, -0.2) is 24.0 Å². The number of rotatable bonds is 3. The van der Waals surface area contributed by atoms with Crippen LogP contribution in [-0.2, 0) is 9.53 Å². The van der Waals surface area contributed by atoms with E-state index < -0.39 is 17.5 Å². The number of piperazine rings is 1. The Kier molecular flexibility index (Phi) is 8.49. The second-order valence-corrected chi connectivity index (χ2v) is 12.4. The van der Waals surface area contributed by atoms with Crippen LogP contribution in [0.5, 0.6) is 0 Å². The van der Waals surface area contributed by atoms with Gasteiger partial charge < -0.3 is 14.5 Å². The summed E-state index contributed by atoms with van der Waals surface area (Å²) in [6.45, 7) is 14.0. The number of nitrogens with zero attached hydrogens (tertiary/aromatic N) is 6. The van der Waals surface area contributed by atoms with E-state index in [4.69, 9.17) is 21.3 Å². The van der Waals surface area contributed by atoms with Gasteiger partial charge in [0.15, 0.2) is 22.7 Å². The number of hydrogen-bond acceptors (Lipinski definition) is 9. The lowest BCUT2D eigenvalue weighted by molar-refractivity contribution is 0.000484. The molecule has 2 aromatic heterocycles. The number of halogens is 2. The van der Waals surface area contributed by atoms with Gasteiger partial charge in [0.25, 0.3) is 0 Å². The van der Waals surface area contributed by atoms with E-state index in [2.05, 4.69) is 9.97 Å². The minimum atomic E-state index is -0.708. The number of thioether (sulfide) groups is 1. The summed E-state index contributed by atoms with van der Waals surface area (Å²) in [5, 5.41) is -0.327. The molecule has 2 aliphatic rings. The molecule has 0 saturated carbocycles. The van der Waals surface area contributed by atoms with Gasteiger partial charge >= 0.3 is 6.09 Å². The van der Waals surface area contributed by atoms with Gasteiger partial charge in [-0.15, -0.1) is 11.8 Å². The van der Waals surface area contributed by atoms with Crippen LogP contribution in [0, 0.1) is 5.82 Å². The molecule has 4 rings (SSSR count). The van der Waals surface area contributed by atoms with Crippen LogP contribution >= 0.6 is 23.4 Å². The van der Waals surface area contributed by atoms with Crippen LogP contribution in [0.3, 0.4) is 0 Å². The summed E-state index contributed by atoms with van der Waals surface area (Å²) < 4.78 is 20.6. The number of amides is 1. The van der Waals surface area contributed by atoms with Crippen LogP contribution in [0.25, 0.3) is 0 Å². The van der Waals surface area contributed by atoms with E-state index >= 15 is 0 Å². The number of amidine groups is 1. The summed E-state index contributed by atoms with van der Waals surface area (Å²) in [6.07, 6.45) is 3.23. The first kappa shape index (κ1) is 29.8. The number of anilines is 2. The Hall–Kier alpha value is -3.14. The first-order valence-corrected chi connectivity index (χ1v) is 14.7. The zero-order chi connectivity index (χ0) is 29.5. The molecule has 40 heavy (non-hydrogen) atoms. The zero-order valence-electron chi connectivity index (χ0n) is 24.0. The minimum absolute atomic E-state index is 0.00144. The van der Waals surface area contributed by atoms with E-state index in [1.54, 1.807) is 16.0 Å². The van der Waals surface area contributed by atoms with Crippen LogP contribution in [0.1, 0.15) is 65.6 Å². The molecule has 1 amide bonds. The third-order valence-corrected chi connectivity index (χ3v) is 7.71. The fraction of sp³-hybridized carbons (Fsp3) is 0.500. The first-order chi connectivity index (χ1) is 18.8. The van der Waals surface area contributed by atoms with Crippen LogP contribution in [-0.4, -0.2) is 74.7 Å². The Balaban J connectivity index is 1.84. The maximum Gasteiger partial charge on any atom is 0.410 e. The van der Waals surface area contributed by atoms with Gasteiger partial charge in [-0.2, -0.15) is 0 Å². The number of carbonyl (C=O) groups is 1. The van der Waals surface area contributed by atoms with E-state index in [-0.39, 0.29) is 34.8 Å². The molecule has 0 spiro atoms. The van der Waals surface area contributed by atoms with Crippen molar-refractivity contribution in [1.29, 1.82) is 0 Å². The molecule has 2 aromatic rings. The molecule has 2 atom stereocenters. The number of fused-ring (bicyclic) bond motifs is 1. The molecule has 1 saturated heterocycles. The SMILES string of the molecule is CSc1ccnc(C(C)C)c1N1C(=C=O)N=C(N2C[C@@H](C)N(C(=O)OC(C)(C)C)C[C@@H]2C)c2cc(F)c(Cl)nc21. The highest BCUT2D eigenvalue weighted by atomic mass is 35.5. The monoisotopic (exact) mass is 588 g/mol. The zero-order valence-corrected chi connectivity index (χ0v) is 25.5. The third-order valence-electron chi connectivity index (χ3n) is 6.67. The Morgan fingerprint density at radius 2 is 1.95 bits per heavy atom. The highest BCUT2D eigenvalue weighted by Crippen LogP contribution is 2.44. The fourth-order valence-electron chi connectivity index (χ4n) is 4.86. The Morgan fingerprint density at radius 3 is 2.55 bits per heavy atom. The molecular weight excluding hydrogens is 555 g/mol. The maximum absolute atomic E-state index is 15.0. The lowest BCUT2D eigenvalue weighted by Crippen LogP contribution is -2.60. The summed E-state index contributed by atoms with van der Waals surface area (Å²) in [5.41, 5.74) is 1.09. The van der Waals surface area contributed by atoms with Crippen molar-refractivity contribution in [1.82, 2.24) is 19.8 Å². The number of aromatic nitrogens is 2. The van der Waals surface area contributed by atoms with Gasteiger partial charge in [0, 0.05) is 36.3 Å². The number of pyridine rings is 2. The number of aliphatic imine (C=N–C) groups is 1. The Labute approximate surface area is 243 Å². The van der Waals surface area contributed by atoms with Gasteiger partial charge in [-0.3, -0.25) is 9.88 Å². The summed E-state index contributed by atoms with van der Waals surface area (Å²) in [7, 11) is 0. The fourth-order valence-corrected chi connectivity index (χ4v) is 5.58. The van der Waals surface area contributed by atoms with Gasteiger partial charge in [-0.1, -0.05) is 25.4 Å². The van der Waals surface area contributed by atoms with Crippen LogP contribution in [0.15, 0.2) is 34.0 Å². The second kappa shape index (κ2) is 11.4.